The largest absolute Gasteiger partial charge is 0.465 e. The fourth-order valence-electron chi connectivity index (χ4n) is 2.94. The van der Waals surface area contributed by atoms with Crippen molar-refractivity contribution in [1.29, 1.82) is 0 Å². The number of esters is 1. The number of hydrogen-bond donors (Lipinski definition) is 0. The van der Waals surface area contributed by atoms with Gasteiger partial charge in [-0.3, -0.25) is 4.79 Å². The van der Waals surface area contributed by atoms with Crippen LogP contribution in [0.5, 0.6) is 0 Å². The summed E-state index contributed by atoms with van der Waals surface area (Å²) in [6.07, 6.45) is 21.7. The quantitative estimate of drug-likeness (QED) is 0.189. The van der Waals surface area contributed by atoms with Crippen molar-refractivity contribution in [3.8, 4) is 0 Å². The van der Waals surface area contributed by atoms with E-state index >= 15 is 0 Å². The van der Waals surface area contributed by atoms with Gasteiger partial charge in [-0.25, -0.2) is 0 Å². The van der Waals surface area contributed by atoms with Crippen LogP contribution in [0.1, 0.15) is 117 Å². The molecule has 1 radical (unpaired) electrons. The van der Waals surface area contributed by atoms with Gasteiger partial charge in [0.1, 0.15) is 5.25 Å². The molecule has 3 heteroatoms. The average Bonchev–Trinajstić information content (AvgIpc) is 2.57. The van der Waals surface area contributed by atoms with Gasteiger partial charge in [-0.1, -0.05) is 116 Å². The van der Waals surface area contributed by atoms with Crippen molar-refractivity contribution in [3.05, 3.63) is 0 Å². The molecule has 0 saturated carbocycles. The zero-order chi connectivity index (χ0) is 17.9. The highest BCUT2D eigenvalue weighted by Crippen LogP contribution is 2.13. The Morgan fingerprint density at radius 1 is 0.708 bits per heavy atom. The molecular weight excluding hydrogens is 316 g/mol. The van der Waals surface area contributed by atoms with E-state index in [4.69, 9.17) is 17.4 Å². The molecule has 0 aromatic carbocycles. The van der Waals surface area contributed by atoms with Crippen LogP contribution in [0.15, 0.2) is 0 Å². The zero-order valence-electron chi connectivity index (χ0n) is 16.3. The van der Waals surface area contributed by atoms with E-state index in [9.17, 15) is 4.79 Å². The maximum absolute atomic E-state index is 11.2. The summed E-state index contributed by atoms with van der Waals surface area (Å²) in [4.78, 5) is 11.2. The Bertz CT molecular complexity index is 267. The average molecular weight is 358 g/mol. The molecular formula is C21H41O2S. The van der Waals surface area contributed by atoms with Gasteiger partial charge in [0, 0.05) is 0 Å². The standard InChI is InChI=1S/C21H41O2S/c1-3-4-5-6-7-8-9-10-11-12-13-14-15-16-17-18-19-23-21(22)20(2)24/h20H,3-19H2,1-2H3. The first-order chi connectivity index (χ1) is 11.7. The van der Waals surface area contributed by atoms with Crippen LogP contribution < -0.4 is 0 Å². The van der Waals surface area contributed by atoms with Crippen molar-refractivity contribution >= 4 is 18.6 Å². The van der Waals surface area contributed by atoms with Crippen molar-refractivity contribution < 1.29 is 9.53 Å². The normalized spacial score (nSPS) is 12.3. The van der Waals surface area contributed by atoms with E-state index < -0.39 is 5.25 Å². The molecule has 1 unspecified atom stereocenters. The Morgan fingerprint density at radius 3 is 1.38 bits per heavy atom. The highest BCUT2D eigenvalue weighted by Gasteiger charge is 2.08. The first kappa shape index (κ1) is 23.8. The van der Waals surface area contributed by atoms with Crippen LogP contribution in [-0.2, 0) is 9.53 Å². The fourth-order valence-corrected chi connectivity index (χ4v) is 3.01. The molecule has 0 N–H and O–H groups in total. The predicted octanol–water partition coefficient (Wildman–Crippen LogP) is 7.38. The lowest BCUT2D eigenvalue weighted by Crippen LogP contribution is -2.15. The Labute approximate surface area is 156 Å². The van der Waals surface area contributed by atoms with Gasteiger partial charge < -0.3 is 4.74 Å². The Hall–Kier alpha value is -0.180. The number of rotatable bonds is 18. The van der Waals surface area contributed by atoms with Crippen LogP contribution in [0.3, 0.4) is 0 Å². The Morgan fingerprint density at radius 2 is 1.04 bits per heavy atom. The van der Waals surface area contributed by atoms with Gasteiger partial charge in [0.25, 0.3) is 0 Å². The summed E-state index contributed by atoms with van der Waals surface area (Å²) in [6.45, 7) is 4.52. The fraction of sp³-hybridized carbons (Fsp3) is 0.952. The highest BCUT2D eigenvalue weighted by molar-refractivity contribution is 7.81. The van der Waals surface area contributed by atoms with Gasteiger partial charge in [0.15, 0.2) is 0 Å². The minimum Gasteiger partial charge on any atom is -0.465 e. The second-order valence-electron chi connectivity index (χ2n) is 7.11. The summed E-state index contributed by atoms with van der Waals surface area (Å²) in [6, 6.07) is 0. The Balaban J connectivity index is 3.04. The molecule has 0 aromatic rings. The number of carbonyl (C=O) groups is 1. The van der Waals surface area contributed by atoms with E-state index in [0.717, 1.165) is 12.8 Å². The van der Waals surface area contributed by atoms with Gasteiger partial charge in [-0.05, 0) is 13.3 Å². The summed E-state index contributed by atoms with van der Waals surface area (Å²) < 4.78 is 5.08. The summed E-state index contributed by atoms with van der Waals surface area (Å²) in [7, 11) is 0. The summed E-state index contributed by atoms with van der Waals surface area (Å²) in [5.41, 5.74) is 0. The monoisotopic (exact) mass is 357 g/mol. The molecule has 143 valence electrons. The van der Waals surface area contributed by atoms with E-state index in [1.54, 1.807) is 6.92 Å². The molecule has 0 aromatic heterocycles. The first-order valence-electron chi connectivity index (χ1n) is 10.5. The van der Waals surface area contributed by atoms with E-state index in [1.165, 1.54) is 89.9 Å². The van der Waals surface area contributed by atoms with Crippen LogP contribution in [0, 0.1) is 0 Å². The number of carbonyl (C=O) groups excluding carboxylic acids is 1. The van der Waals surface area contributed by atoms with Crippen molar-refractivity contribution in [2.45, 2.75) is 122 Å². The van der Waals surface area contributed by atoms with Crippen molar-refractivity contribution in [3.63, 3.8) is 0 Å². The second-order valence-corrected chi connectivity index (χ2v) is 7.82. The van der Waals surface area contributed by atoms with Crippen molar-refractivity contribution in [2.75, 3.05) is 6.61 Å². The maximum Gasteiger partial charge on any atom is 0.319 e. The van der Waals surface area contributed by atoms with Gasteiger partial charge >= 0.3 is 5.97 Å². The third-order valence-electron chi connectivity index (χ3n) is 4.57. The highest BCUT2D eigenvalue weighted by atomic mass is 32.1. The molecule has 0 saturated heterocycles. The van der Waals surface area contributed by atoms with E-state index in [1.807, 2.05) is 0 Å². The van der Waals surface area contributed by atoms with Crippen LogP contribution in [-0.4, -0.2) is 17.8 Å². The Kier molecular flexibility index (Phi) is 19.0. The molecule has 2 nitrogen and oxygen atoms in total. The van der Waals surface area contributed by atoms with Crippen LogP contribution >= 0.6 is 12.6 Å². The third-order valence-corrected chi connectivity index (χ3v) is 4.77. The number of ether oxygens (including phenoxy) is 1. The maximum atomic E-state index is 11.2. The van der Waals surface area contributed by atoms with Gasteiger partial charge in [0.2, 0.25) is 0 Å². The van der Waals surface area contributed by atoms with E-state index in [0.29, 0.717) is 6.61 Å². The van der Waals surface area contributed by atoms with Crippen molar-refractivity contribution in [1.82, 2.24) is 0 Å². The lowest BCUT2D eigenvalue weighted by Gasteiger charge is -2.06. The molecule has 0 bridgehead atoms. The molecule has 0 aliphatic rings. The van der Waals surface area contributed by atoms with Crippen LogP contribution in [0.4, 0.5) is 0 Å². The molecule has 0 rings (SSSR count). The van der Waals surface area contributed by atoms with Gasteiger partial charge in [-0.15, -0.1) is 0 Å². The van der Waals surface area contributed by atoms with Gasteiger partial charge in [0.05, 0.1) is 6.61 Å². The first-order valence-corrected chi connectivity index (χ1v) is 11.0. The van der Waals surface area contributed by atoms with Crippen LogP contribution in [0.25, 0.3) is 0 Å². The smallest absolute Gasteiger partial charge is 0.319 e. The van der Waals surface area contributed by atoms with Crippen molar-refractivity contribution in [2.24, 2.45) is 0 Å². The summed E-state index contributed by atoms with van der Waals surface area (Å²) in [5, 5.41) is -0.411. The molecule has 0 amide bonds. The van der Waals surface area contributed by atoms with Gasteiger partial charge in [-0.2, -0.15) is 0 Å². The van der Waals surface area contributed by atoms with E-state index in [-0.39, 0.29) is 5.97 Å². The van der Waals surface area contributed by atoms with E-state index in [2.05, 4.69) is 6.92 Å². The molecule has 0 fully saturated rings. The third kappa shape index (κ3) is 18.2. The molecule has 1 atom stereocenters. The zero-order valence-corrected chi connectivity index (χ0v) is 17.1. The number of hydrogen-bond acceptors (Lipinski definition) is 2. The SMILES string of the molecule is CCCCCCCCCCCCCCCCCCOC(=O)C(C)[S]. The molecule has 0 heterocycles. The lowest BCUT2D eigenvalue weighted by molar-refractivity contribution is -0.142. The predicted molar refractivity (Wildman–Crippen MR) is 108 cm³/mol. The topological polar surface area (TPSA) is 26.3 Å². The molecule has 0 spiro atoms. The summed E-state index contributed by atoms with van der Waals surface area (Å²) >= 11 is 4.84. The minimum absolute atomic E-state index is 0.244. The molecule has 24 heavy (non-hydrogen) atoms. The minimum atomic E-state index is -0.411. The second kappa shape index (κ2) is 19.1. The lowest BCUT2D eigenvalue weighted by atomic mass is 10.0. The number of unbranched alkanes of at least 4 members (excludes halogenated alkanes) is 15. The summed E-state index contributed by atoms with van der Waals surface area (Å²) in [5.74, 6) is -0.244. The molecule has 0 aliphatic heterocycles. The van der Waals surface area contributed by atoms with Crippen LogP contribution in [0.2, 0.25) is 0 Å². The molecule has 0 aliphatic carbocycles.